The van der Waals surface area contributed by atoms with Crippen LogP contribution in [0, 0.1) is 0 Å². The number of hydrogen-bond acceptors (Lipinski definition) is 4. The van der Waals surface area contributed by atoms with Crippen molar-refractivity contribution >= 4 is 22.6 Å². The average molecular weight is 274 g/mol. The summed E-state index contributed by atoms with van der Waals surface area (Å²) in [7, 11) is 3.27. The number of pyridine rings is 1. The second kappa shape index (κ2) is 6.23. The molecule has 1 aromatic carbocycles. The molecular formula is C15H18N2O3. The lowest BCUT2D eigenvalue weighted by atomic mass is 10.1. The van der Waals surface area contributed by atoms with Gasteiger partial charge in [0.25, 0.3) is 5.56 Å². The standard InChI is InChI=1S/C15H18N2O3/c1-17(9-5-8-14(18)20-2)13-10-11-6-3-4-7-12(11)15(19)16-13/h3-4,6-7,10H,5,8-9H2,1-2H3,(H,16,19). The van der Waals surface area contributed by atoms with Gasteiger partial charge in [-0.15, -0.1) is 0 Å². The molecule has 5 heteroatoms. The Morgan fingerprint density at radius 1 is 1.35 bits per heavy atom. The van der Waals surface area contributed by atoms with Crippen LogP contribution in [0.1, 0.15) is 12.8 Å². The van der Waals surface area contributed by atoms with Crippen LogP contribution in [0.25, 0.3) is 10.8 Å². The van der Waals surface area contributed by atoms with Crippen molar-refractivity contribution in [1.82, 2.24) is 4.98 Å². The minimum atomic E-state index is -0.217. The Hall–Kier alpha value is -2.30. The highest BCUT2D eigenvalue weighted by Crippen LogP contribution is 2.15. The minimum Gasteiger partial charge on any atom is -0.469 e. The van der Waals surface area contributed by atoms with Crippen molar-refractivity contribution in [1.29, 1.82) is 0 Å². The lowest BCUT2D eigenvalue weighted by Crippen LogP contribution is -2.23. The fourth-order valence-electron chi connectivity index (χ4n) is 2.09. The van der Waals surface area contributed by atoms with Gasteiger partial charge in [-0.05, 0) is 23.9 Å². The third-order valence-corrected chi connectivity index (χ3v) is 3.25. The highest BCUT2D eigenvalue weighted by Gasteiger charge is 2.07. The van der Waals surface area contributed by atoms with Crippen LogP contribution in [-0.4, -0.2) is 31.7 Å². The summed E-state index contributed by atoms with van der Waals surface area (Å²) >= 11 is 0. The lowest BCUT2D eigenvalue weighted by molar-refractivity contribution is -0.140. The number of H-pyrrole nitrogens is 1. The van der Waals surface area contributed by atoms with Gasteiger partial charge in [0, 0.05) is 25.4 Å². The molecule has 1 N–H and O–H groups in total. The van der Waals surface area contributed by atoms with E-state index in [0.717, 1.165) is 11.2 Å². The predicted molar refractivity (Wildman–Crippen MR) is 79.1 cm³/mol. The maximum Gasteiger partial charge on any atom is 0.305 e. The first-order valence-electron chi connectivity index (χ1n) is 6.52. The van der Waals surface area contributed by atoms with E-state index in [2.05, 4.69) is 9.72 Å². The van der Waals surface area contributed by atoms with Gasteiger partial charge in [-0.1, -0.05) is 18.2 Å². The van der Waals surface area contributed by atoms with Crippen LogP contribution >= 0.6 is 0 Å². The number of methoxy groups -OCH3 is 1. The van der Waals surface area contributed by atoms with Crippen molar-refractivity contribution < 1.29 is 9.53 Å². The number of anilines is 1. The summed E-state index contributed by atoms with van der Waals surface area (Å²) in [6.07, 6.45) is 1.05. The number of benzene rings is 1. The normalized spacial score (nSPS) is 10.5. The van der Waals surface area contributed by atoms with Gasteiger partial charge in [-0.25, -0.2) is 0 Å². The van der Waals surface area contributed by atoms with Crippen molar-refractivity contribution in [3.8, 4) is 0 Å². The van der Waals surface area contributed by atoms with Gasteiger partial charge >= 0.3 is 5.97 Å². The number of nitrogens with one attached hydrogen (secondary N) is 1. The zero-order valence-corrected chi connectivity index (χ0v) is 11.7. The fourth-order valence-corrected chi connectivity index (χ4v) is 2.09. The Morgan fingerprint density at radius 2 is 2.10 bits per heavy atom. The molecule has 0 unspecified atom stereocenters. The maximum atomic E-state index is 12.0. The van der Waals surface area contributed by atoms with E-state index < -0.39 is 0 Å². The summed E-state index contributed by atoms with van der Waals surface area (Å²) in [5, 5.41) is 1.59. The molecule has 0 saturated heterocycles. The van der Waals surface area contributed by atoms with Gasteiger partial charge < -0.3 is 14.6 Å². The molecule has 2 aromatic rings. The van der Waals surface area contributed by atoms with E-state index in [4.69, 9.17) is 0 Å². The average Bonchev–Trinajstić information content (AvgIpc) is 2.46. The van der Waals surface area contributed by atoms with Gasteiger partial charge in [0.2, 0.25) is 0 Å². The minimum absolute atomic E-state index is 0.0992. The number of ether oxygens (including phenoxy) is 1. The van der Waals surface area contributed by atoms with Crippen LogP contribution in [0.3, 0.4) is 0 Å². The van der Waals surface area contributed by atoms with Crippen molar-refractivity contribution in [3.63, 3.8) is 0 Å². The molecule has 106 valence electrons. The number of hydrogen-bond donors (Lipinski definition) is 1. The smallest absolute Gasteiger partial charge is 0.305 e. The molecule has 1 heterocycles. The Kier molecular flexibility index (Phi) is 4.40. The lowest BCUT2D eigenvalue weighted by Gasteiger charge is -2.18. The quantitative estimate of drug-likeness (QED) is 0.846. The SMILES string of the molecule is COC(=O)CCCN(C)c1cc2ccccc2c(=O)[nH]1. The number of nitrogens with zero attached hydrogens (tertiary/aromatic N) is 1. The molecular weight excluding hydrogens is 256 g/mol. The largest absolute Gasteiger partial charge is 0.469 e. The molecule has 0 aliphatic rings. The fraction of sp³-hybridized carbons (Fsp3) is 0.333. The molecule has 0 aliphatic carbocycles. The molecule has 0 bridgehead atoms. The molecule has 1 aromatic heterocycles. The molecule has 0 atom stereocenters. The van der Waals surface area contributed by atoms with Crippen molar-refractivity contribution in [2.45, 2.75) is 12.8 Å². The van der Waals surface area contributed by atoms with Gasteiger partial charge in [0.15, 0.2) is 0 Å². The maximum absolute atomic E-state index is 12.0. The van der Waals surface area contributed by atoms with E-state index >= 15 is 0 Å². The van der Waals surface area contributed by atoms with Crippen LogP contribution < -0.4 is 10.5 Å². The van der Waals surface area contributed by atoms with E-state index in [9.17, 15) is 9.59 Å². The first kappa shape index (κ1) is 14.1. The van der Waals surface area contributed by atoms with E-state index in [0.29, 0.717) is 24.8 Å². The summed E-state index contributed by atoms with van der Waals surface area (Å²) in [5.41, 5.74) is -0.0992. The van der Waals surface area contributed by atoms with Gasteiger partial charge in [0.05, 0.1) is 7.11 Å². The monoisotopic (exact) mass is 274 g/mol. The number of aromatic nitrogens is 1. The molecule has 0 spiro atoms. The van der Waals surface area contributed by atoms with Crippen molar-refractivity contribution in [2.75, 3.05) is 25.6 Å². The van der Waals surface area contributed by atoms with Gasteiger partial charge in [-0.3, -0.25) is 9.59 Å². The topological polar surface area (TPSA) is 62.4 Å². The van der Waals surface area contributed by atoms with Crippen LogP contribution in [0.5, 0.6) is 0 Å². The second-order valence-electron chi connectivity index (χ2n) is 4.67. The summed E-state index contributed by atoms with van der Waals surface area (Å²) in [6.45, 7) is 0.670. The Morgan fingerprint density at radius 3 is 2.85 bits per heavy atom. The molecule has 20 heavy (non-hydrogen) atoms. The zero-order chi connectivity index (χ0) is 14.5. The van der Waals surface area contributed by atoms with Crippen LogP contribution in [0.4, 0.5) is 5.82 Å². The first-order valence-corrected chi connectivity index (χ1v) is 6.52. The molecule has 0 saturated carbocycles. The van der Waals surface area contributed by atoms with Crippen LogP contribution in [-0.2, 0) is 9.53 Å². The van der Waals surface area contributed by atoms with E-state index in [1.807, 2.05) is 36.2 Å². The highest BCUT2D eigenvalue weighted by molar-refractivity contribution is 5.83. The predicted octanol–water partition coefficient (Wildman–Crippen LogP) is 1.92. The molecule has 5 nitrogen and oxygen atoms in total. The van der Waals surface area contributed by atoms with Crippen LogP contribution in [0.2, 0.25) is 0 Å². The van der Waals surface area contributed by atoms with Gasteiger partial charge in [-0.2, -0.15) is 0 Å². The highest BCUT2D eigenvalue weighted by atomic mass is 16.5. The third-order valence-electron chi connectivity index (χ3n) is 3.25. The van der Waals surface area contributed by atoms with E-state index in [1.54, 1.807) is 6.07 Å². The summed E-state index contributed by atoms with van der Waals surface area (Å²) in [6, 6.07) is 9.40. The summed E-state index contributed by atoms with van der Waals surface area (Å²) in [4.78, 5) is 27.8. The molecule has 2 rings (SSSR count). The first-order chi connectivity index (χ1) is 9.61. The number of esters is 1. The van der Waals surface area contributed by atoms with E-state index in [1.165, 1.54) is 7.11 Å². The molecule has 0 radical (unpaired) electrons. The number of carbonyl (C=O) groups is 1. The number of carbonyl (C=O) groups excluding carboxylic acids is 1. The van der Waals surface area contributed by atoms with Crippen molar-refractivity contribution in [3.05, 3.63) is 40.7 Å². The van der Waals surface area contributed by atoms with Crippen LogP contribution in [0.15, 0.2) is 35.1 Å². The third kappa shape index (κ3) is 3.17. The van der Waals surface area contributed by atoms with Crippen molar-refractivity contribution in [2.24, 2.45) is 0 Å². The molecule has 0 amide bonds. The van der Waals surface area contributed by atoms with E-state index in [-0.39, 0.29) is 11.5 Å². The zero-order valence-electron chi connectivity index (χ0n) is 11.7. The molecule has 0 fully saturated rings. The Labute approximate surface area is 117 Å². The summed E-state index contributed by atoms with van der Waals surface area (Å²) < 4.78 is 4.60. The molecule has 0 aliphatic heterocycles. The number of fused-ring (bicyclic) bond motifs is 1. The Balaban J connectivity index is 2.12. The number of aromatic amines is 1. The Bertz CT molecular complexity index is 663. The van der Waals surface area contributed by atoms with Gasteiger partial charge in [0.1, 0.15) is 5.82 Å². The second-order valence-corrected chi connectivity index (χ2v) is 4.67. The number of rotatable bonds is 5. The summed E-state index contributed by atoms with van der Waals surface area (Å²) in [5.74, 6) is 0.531.